The quantitative estimate of drug-likeness (QED) is 0.853. The average Bonchev–Trinajstić information content (AvgIpc) is 2.93. The van der Waals surface area contributed by atoms with E-state index >= 15 is 0 Å². The van der Waals surface area contributed by atoms with Gasteiger partial charge in [0.15, 0.2) is 0 Å². The van der Waals surface area contributed by atoms with Gasteiger partial charge in [-0.05, 0) is 17.7 Å². The van der Waals surface area contributed by atoms with Crippen molar-refractivity contribution in [1.29, 1.82) is 0 Å². The lowest BCUT2D eigenvalue weighted by molar-refractivity contribution is -0.119. The summed E-state index contributed by atoms with van der Waals surface area (Å²) in [4.78, 5) is 11.9. The van der Waals surface area contributed by atoms with Crippen LogP contribution in [0.5, 0.6) is 0 Å². The van der Waals surface area contributed by atoms with Crippen LogP contribution in [0.2, 0.25) is 0 Å². The maximum Gasteiger partial charge on any atom is 0.228 e. The second-order valence-electron chi connectivity index (χ2n) is 4.49. The van der Waals surface area contributed by atoms with E-state index in [9.17, 15) is 4.79 Å². The summed E-state index contributed by atoms with van der Waals surface area (Å²) in [5.41, 5.74) is 7.33. The first-order chi connectivity index (χ1) is 9.20. The van der Waals surface area contributed by atoms with Gasteiger partial charge in [0.25, 0.3) is 0 Å². The summed E-state index contributed by atoms with van der Waals surface area (Å²) in [6.45, 7) is 2.78. The topological polar surface area (TPSA) is 72.9 Å². The van der Waals surface area contributed by atoms with Crippen molar-refractivity contribution in [2.75, 3.05) is 11.9 Å². The molecule has 0 saturated carbocycles. The smallest absolute Gasteiger partial charge is 0.228 e. The van der Waals surface area contributed by atoms with Crippen molar-refractivity contribution in [3.05, 3.63) is 48.3 Å². The Hall–Kier alpha value is -2.14. The molecule has 1 unspecified atom stereocenters. The summed E-state index contributed by atoms with van der Waals surface area (Å²) in [6.07, 6.45) is 3.62. The fourth-order valence-electron chi connectivity index (χ4n) is 1.71. The zero-order valence-corrected chi connectivity index (χ0v) is 10.9. The van der Waals surface area contributed by atoms with Crippen LogP contribution in [0.4, 0.5) is 5.69 Å². The van der Waals surface area contributed by atoms with E-state index < -0.39 is 0 Å². The number of anilines is 1. The molecule has 3 N–H and O–H groups in total. The van der Waals surface area contributed by atoms with Crippen LogP contribution in [-0.4, -0.2) is 22.2 Å². The molecule has 1 aromatic heterocycles. The number of nitrogens with zero attached hydrogens (tertiary/aromatic N) is 2. The Balaban J connectivity index is 2.14. The molecule has 0 aliphatic carbocycles. The highest BCUT2D eigenvalue weighted by atomic mass is 16.1. The Kier molecular flexibility index (Phi) is 4.30. The normalized spacial score (nSPS) is 12.1. The minimum absolute atomic E-state index is 0.0598. The highest BCUT2D eigenvalue weighted by molar-refractivity contribution is 5.93. The van der Waals surface area contributed by atoms with Crippen molar-refractivity contribution in [2.24, 2.45) is 11.7 Å². The number of carbonyl (C=O) groups is 1. The molecule has 0 bridgehead atoms. The van der Waals surface area contributed by atoms with E-state index in [-0.39, 0.29) is 11.8 Å². The molecule has 0 fully saturated rings. The standard InChI is InChI=1S/C14H18N4O/c1-11(9-15)14(19)17-13-6-3-2-5-12(13)10-18-8-4-7-16-18/h2-8,11H,9-10,15H2,1H3,(H,17,19). The molecule has 1 heterocycles. The monoisotopic (exact) mass is 258 g/mol. The molecule has 2 rings (SSSR count). The summed E-state index contributed by atoms with van der Waals surface area (Å²) in [7, 11) is 0. The molecule has 1 atom stereocenters. The molecule has 1 aromatic carbocycles. The van der Waals surface area contributed by atoms with Gasteiger partial charge in [-0.3, -0.25) is 9.48 Å². The third-order valence-corrected chi connectivity index (χ3v) is 2.97. The van der Waals surface area contributed by atoms with Gasteiger partial charge in [-0.25, -0.2) is 0 Å². The number of nitrogens with one attached hydrogen (secondary N) is 1. The third kappa shape index (κ3) is 3.42. The van der Waals surface area contributed by atoms with Crippen LogP contribution in [-0.2, 0) is 11.3 Å². The first-order valence-corrected chi connectivity index (χ1v) is 6.27. The first-order valence-electron chi connectivity index (χ1n) is 6.27. The number of hydrogen-bond acceptors (Lipinski definition) is 3. The van der Waals surface area contributed by atoms with Crippen molar-refractivity contribution >= 4 is 11.6 Å². The molecule has 0 aliphatic heterocycles. The van der Waals surface area contributed by atoms with E-state index in [1.54, 1.807) is 6.20 Å². The minimum Gasteiger partial charge on any atom is -0.330 e. The van der Waals surface area contributed by atoms with Crippen molar-refractivity contribution < 1.29 is 4.79 Å². The Labute approximate surface area is 112 Å². The van der Waals surface area contributed by atoms with Gasteiger partial charge in [0.2, 0.25) is 5.91 Å². The fraction of sp³-hybridized carbons (Fsp3) is 0.286. The lowest BCUT2D eigenvalue weighted by Gasteiger charge is -2.13. The zero-order valence-electron chi connectivity index (χ0n) is 10.9. The number of para-hydroxylation sites is 1. The van der Waals surface area contributed by atoms with Crippen LogP contribution in [0, 0.1) is 5.92 Å². The summed E-state index contributed by atoms with van der Waals surface area (Å²) in [5.74, 6) is -0.256. The second kappa shape index (κ2) is 6.15. The van der Waals surface area contributed by atoms with Crippen LogP contribution in [0.15, 0.2) is 42.7 Å². The van der Waals surface area contributed by atoms with Gasteiger partial charge in [-0.2, -0.15) is 5.10 Å². The maximum atomic E-state index is 11.9. The molecule has 5 heteroatoms. The number of hydrogen-bond donors (Lipinski definition) is 2. The highest BCUT2D eigenvalue weighted by Crippen LogP contribution is 2.17. The molecule has 0 spiro atoms. The number of benzene rings is 1. The van der Waals surface area contributed by atoms with Gasteiger partial charge in [0.05, 0.1) is 6.54 Å². The predicted molar refractivity (Wildman–Crippen MR) is 74.6 cm³/mol. The summed E-state index contributed by atoms with van der Waals surface area (Å²) >= 11 is 0. The van der Waals surface area contributed by atoms with Crippen molar-refractivity contribution in [3.63, 3.8) is 0 Å². The van der Waals surface area contributed by atoms with Gasteiger partial charge in [-0.15, -0.1) is 0 Å². The molecule has 100 valence electrons. The molecule has 5 nitrogen and oxygen atoms in total. The number of amides is 1. The van der Waals surface area contributed by atoms with Crippen LogP contribution in [0.1, 0.15) is 12.5 Å². The van der Waals surface area contributed by atoms with Crippen molar-refractivity contribution in [1.82, 2.24) is 9.78 Å². The van der Waals surface area contributed by atoms with Crippen molar-refractivity contribution in [3.8, 4) is 0 Å². The van der Waals surface area contributed by atoms with Gasteiger partial charge in [-0.1, -0.05) is 25.1 Å². The Morgan fingerprint density at radius 1 is 1.42 bits per heavy atom. The molecular weight excluding hydrogens is 240 g/mol. The minimum atomic E-state index is -0.197. The highest BCUT2D eigenvalue weighted by Gasteiger charge is 2.12. The molecule has 0 radical (unpaired) electrons. The molecular formula is C14H18N4O. The number of carbonyl (C=O) groups excluding carboxylic acids is 1. The number of aromatic nitrogens is 2. The van der Waals surface area contributed by atoms with Gasteiger partial charge >= 0.3 is 0 Å². The van der Waals surface area contributed by atoms with Crippen LogP contribution in [0.25, 0.3) is 0 Å². The molecule has 19 heavy (non-hydrogen) atoms. The largest absolute Gasteiger partial charge is 0.330 e. The van der Waals surface area contributed by atoms with E-state index in [2.05, 4.69) is 10.4 Å². The molecule has 0 saturated heterocycles. The Morgan fingerprint density at radius 3 is 2.89 bits per heavy atom. The summed E-state index contributed by atoms with van der Waals surface area (Å²) < 4.78 is 1.82. The van der Waals surface area contributed by atoms with E-state index in [1.807, 2.05) is 48.1 Å². The predicted octanol–water partition coefficient (Wildman–Crippen LogP) is 1.46. The maximum absolute atomic E-state index is 11.9. The van der Waals surface area contributed by atoms with Crippen LogP contribution < -0.4 is 11.1 Å². The van der Waals surface area contributed by atoms with Crippen LogP contribution >= 0.6 is 0 Å². The van der Waals surface area contributed by atoms with Gasteiger partial charge in [0, 0.05) is 30.5 Å². The summed E-state index contributed by atoms with van der Waals surface area (Å²) in [6, 6.07) is 9.58. The third-order valence-electron chi connectivity index (χ3n) is 2.97. The summed E-state index contributed by atoms with van der Waals surface area (Å²) in [5, 5.41) is 7.08. The van der Waals surface area contributed by atoms with E-state index in [1.165, 1.54) is 0 Å². The first kappa shape index (κ1) is 13.3. The van der Waals surface area contributed by atoms with Crippen molar-refractivity contribution in [2.45, 2.75) is 13.5 Å². The molecule has 2 aromatic rings. The van der Waals surface area contributed by atoms with E-state index in [0.717, 1.165) is 11.3 Å². The fourth-order valence-corrected chi connectivity index (χ4v) is 1.71. The van der Waals surface area contributed by atoms with E-state index in [0.29, 0.717) is 13.1 Å². The lowest BCUT2D eigenvalue weighted by Crippen LogP contribution is -2.27. The van der Waals surface area contributed by atoms with E-state index in [4.69, 9.17) is 5.73 Å². The van der Waals surface area contributed by atoms with Crippen LogP contribution in [0.3, 0.4) is 0 Å². The number of nitrogens with two attached hydrogens (primary N) is 1. The number of rotatable bonds is 5. The zero-order chi connectivity index (χ0) is 13.7. The lowest BCUT2D eigenvalue weighted by atomic mass is 10.1. The second-order valence-corrected chi connectivity index (χ2v) is 4.49. The Morgan fingerprint density at radius 2 is 2.21 bits per heavy atom. The Bertz CT molecular complexity index is 536. The molecule has 1 amide bonds. The SMILES string of the molecule is CC(CN)C(=O)Nc1ccccc1Cn1cccn1. The molecule has 0 aliphatic rings. The van der Waals surface area contributed by atoms with Gasteiger partial charge in [0.1, 0.15) is 0 Å². The average molecular weight is 258 g/mol. The van der Waals surface area contributed by atoms with Gasteiger partial charge < -0.3 is 11.1 Å².